The maximum Gasteiger partial charge on any atom is 0.250 e. The zero-order valence-electron chi connectivity index (χ0n) is 10.2. The van der Waals surface area contributed by atoms with Gasteiger partial charge in [0.1, 0.15) is 5.75 Å². The maximum atomic E-state index is 11.2. The molecule has 0 spiro atoms. The normalized spacial score (nSPS) is 10.5. The monoisotopic (exact) mass is 298 g/mol. The summed E-state index contributed by atoms with van der Waals surface area (Å²) in [6.07, 6.45) is 1.67. The smallest absolute Gasteiger partial charge is 0.250 e. The van der Waals surface area contributed by atoms with Gasteiger partial charge in [0.25, 0.3) is 0 Å². The van der Waals surface area contributed by atoms with Crippen molar-refractivity contribution in [2.45, 2.75) is 6.54 Å². The van der Waals surface area contributed by atoms with E-state index in [2.05, 4.69) is 5.32 Å². The third-order valence-electron chi connectivity index (χ3n) is 2.68. The van der Waals surface area contributed by atoms with Crippen LogP contribution in [0.1, 0.15) is 5.56 Å². The number of aromatic nitrogens is 1. The number of aryl methyl sites for hydroxylation is 1. The fraction of sp³-hybridized carbons (Fsp3) is 0.154. The van der Waals surface area contributed by atoms with Crippen LogP contribution in [0.25, 0.3) is 0 Å². The van der Waals surface area contributed by atoms with Crippen LogP contribution in [-0.4, -0.2) is 9.67 Å². The number of pyridine rings is 1. The molecule has 0 saturated carbocycles. The summed E-state index contributed by atoms with van der Waals surface area (Å²) in [6, 6.07) is 6.25. The molecule has 0 amide bonds. The van der Waals surface area contributed by atoms with Gasteiger partial charge in [-0.1, -0.05) is 23.2 Å². The highest BCUT2D eigenvalue weighted by atomic mass is 35.5. The van der Waals surface area contributed by atoms with Crippen LogP contribution in [0.4, 0.5) is 5.69 Å². The molecule has 2 N–H and O–H groups in total. The molecule has 6 heteroatoms. The summed E-state index contributed by atoms with van der Waals surface area (Å²) in [5.41, 5.74) is 1.27. The zero-order valence-corrected chi connectivity index (χ0v) is 11.7. The second kappa shape index (κ2) is 5.55. The Morgan fingerprint density at radius 3 is 2.74 bits per heavy atom. The molecule has 0 fully saturated rings. The molecule has 0 radical (unpaired) electrons. The van der Waals surface area contributed by atoms with E-state index in [1.807, 2.05) is 0 Å². The van der Waals surface area contributed by atoms with Gasteiger partial charge in [-0.2, -0.15) is 0 Å². The van der Waals surface area contributed by atoms with Gasteiger partial charge in [0.05, 0.1) is 10.7 Å². The van der Waals surface area contributed by atoms with Crippen molar-refractivity contribution in [1.82, 2.24) is 4.57 Å². The predicted molar refractivity (Wildman–Crippen MR) is 77.1 cm³/mol. The van der Waals surface area contributed by atoms with Crippen LogP contribution >= 0.6 is 23.2 Å². The van der Waals surface area contributed by atoms with E-state index in [0.29, 0.717) is 17.1 Å². The highest BCUT2D eigenvalue weighted by molar-refractivity contribution is 6.35. The van der Waals surface area contributed by atoms with E-state index in [0.717, 1.165) is 5.69 Å². The summed E-state index contributed by atoms with van der Waals surface area (Å²) in [4.78, 5) is 11.2. The first-order chi connectivity index (χ1) is 8.97. The summed E-state index contributed by atoms with van der Waals surface area (Å²) in [5.74, 6) is 0.00314. The van der Waals surface area contributed by atoms with Crippen LogP contribution in [-0.2, 0) is 13.6 Å². The van der Waals surface area contributed by atoms with Gasteiger partial charge in [-0.05, 0) is 18.2 Å². The lowest BCUT2D eigenvalue weighted by Crippen LogP contribution is -2.15. The van der Waals surface area contributed by atoms with Gasteiger partial charge in [-0.15, -0.1) is 0 Å². The third-order valence-corrected chi connectivity index (χ3v) is 3.18. The first-order valence-corrected chi connectivity index (χ1v) is 6.30. The van der Waals surface area contributed by atoms with E-state index in [1.54, 1.807) is 25.4 Å². The molecular weight excluding hydrogens is 287 g/mol. The van der Waals surface area contributed by atoms with Gasteiger partial charge >= 0.3 is 0 Å². The Labute approximate surface area is 120 Å². The van der Waals surface area contributed by atoms with E-state index < -0.39 is 0 Å². The van der Waals surface area contributed by atoms with Crippen molar-refractivity contribution in [2.75, 3.05) is 5.32 Å². The molecular formula is C13H12Cl2N2O2. The van der Waals surface area contributed by atoms with Crippen molar-refractivity contribution in [3.8, 4) is 5.75 Å². The Morgan fingerprint density at radius 1 is 1.32 bits per heavy atom. The Bertz CT molecular complexity index is 668. The summed E-state index contributed by atoms with van der Waals surface area (Å²) in [7, 11) is 1.67. The average Bonchev–Trinajstić information content (AvgIpc) is 2.36. The standard InChI is InChI=1S/C13H12Cl2N2O2/c1-17-7-10(2-3-12(17)18)16-6-8-4-9(14)5-11(15)13(8)19/h2-5,7,16,19H,6H2,1H3. The number of halogens is 2. The van der Waals surface area contributed by atoms with E-state index in [-0.39, 0.29) is 16.3 Å². The summed E-state index contributed by atoms with van der Waals surface area (Å²) in [5, 5.41) is 13.6. The second-order valence-corrected chi connectivity index (χ2v) is 4.96. The molecule has 0 aliphatic rings. The highest BCUT2D eigenvalue weighted by Gasteiger charge is 2.07. The van der Waals surface area contributed by atoms with Gasteiger partial charge in [0, 0.05) is 36.4 Å². The lowest BCUT2D eigenvalue weighted by atomic mass is 10.2. The summed E-state index contributed by atoms with van der Waals surface area (Å²) >= 11 is 11.7. The minimum Gasteiger partial charge on any atom is -0.506 e. The van der Waals surface area contributed by atoms with Gasteiger partial charge in [-0.3, -0.25) is 4.79 Å². The molecule has 1 heterocycles. The molecule has 100 valence electrons. The molecule has 2 rings (SSSR count). The van der Waals surface area contributed by atoms with Crippen molar-refractivity contribution >= 4 is 28.9 Å². The van der Waals surface area contributed by atoms with Crippen LogP contribution in [0.5, 0.6) is 5.75 Å². The maximum absolute atomic E-state index is 11.2. The summed E-state index contributed by atoms with van der Waals surface area (Å²) in [6.45, 7) is 0.352. The fourth-order valence-electron chi connectivity index (χ4n) is 1.65. The molecule has 0 unspecified atom stereocenters. The fourth-order valence-corrected chi connectivity index (χ4v) is 2.19. The van der Waals surface area contributed by atoms with Crippen LogP contribution in [0.2, 0.25) is 10.0 Å². The molecule has 0 saturated heterocycles. The van der Waals surface area contributed by atoms with Crippen molar-refractivity contribution in [2.24, 2.45) is 7.05 Å². The first-order valence-electron chi connectivity index (χ1n) is 5.55. The van der Waals surface area contributed by atoms with Crippen LogP contribution in [0, 0.1) is 0 Å². The topological polar surface area (TPSA) is 54.3 Å². The lowest BCUT2D eigenvalue weighted by molar-refractivity contribution is 0.469. The molecule has 0 atom stereocenters. The van der Waals surface area contributed by atoms with Gasteiger partial charge in [0.15, 0.2) is 0 Å². The van der Waals surface area contributed by atoms with Gasteiger partial charge < -0.3 is 15.0 Å². The molecule has 0 bridgehead atoms. The number of nitrogens with one attached hydrogen (secondary N) is 1. The number of nitrogens with zero attached hydrogens (tertiary/aromatic N) is 1. The zero-order chi connectivity index (χ0) is 14.0. The number of rotatable bonds is 3. The van der Waals surface area contributed by atoms with Crippen molar-refractivity contribution in [3.05, 3.63) is 56.4 Å². The van der Waals surface area contributed by atoms with Crippen molar-refractivity contribution < 1.29 is 5.11 Å². The van der Waals surface area contributed by atoms with Gasteiger partial charge in [-0.25, -0.2) is 0 Å². The number of hydrogen-bond acceptors (Lipinski definition) is 3. The molecule has 2 aromatic rings. The third kappa shape index (κ3) is 3.22. The Morgan fingerprint density at radius 2 is 2.05 bits per heavy atom. The molecule has 0 aliphatic heterocycles. The molecule has 19 heavy (non-hydrogen) atoms. The van der Waals surface area contributed by atoms with E-state index in [4.69, 9.17) is 23.2 Å². The van der Waals surface area contributed by atoms with Crippen LogP contribution < -0.4 is 10.9 Å². The molecule has 0 aliphatic carbocycles. The van der Waals surface area contributed by atoms with Crippen LogP contribution in [0.3, 0.4) is 0 Å². The SMILES string of the molecule is Cn1cc(NCc2cc(Cl)cc(Cl)c2O)ccc1=O. The quantitative estimate of drug-likeness (QED) is 0.916. The highest BCUT2D eigenvalue weighted by Crippen LogP contribution is 2.31. The van der Waals surface area contributed by atoms with Crippen molar-refractivity contribution in [1.29, 1.82) is 0 Å². The Hall–Kier alpha value is -1.65. The Kier molecular flexibility index (Phi) is 4.02. The Balaban J connectivity index is 2.18. The molecule has 1 aromatic heterocycles. The number of phenols is 1. The number of phenolic OH excluding ortho intramolecular Hbond substituents is 1. The van der Waals surface area contributed by atoms with Crippen molar-refractivity contribution in [3.63, 3.8) is 0 Å². The number of hydrogen-bond donors (Lipinski definition) is 2. The molecule has 1 aromatic carbocycles. The number of aromatic hydroxyl groups is 1. The first kappa shape index (κ1) is 13.8. The van der Waals surface area contributed by atoms with Crippen LogP contribution in [0.15, 0.2) is 35.3 Å². The molecule has 4 nitrogen and oxygen atoms in total. The second-order valence-electron chi connectivity index (χ2n) is 4.12. The lowest BCUT2D eigenvalue weighted by Gasteiger charge is -2.10. The minimum atomic E-state index is -0.0841. The number of anilines is 1. The minimum absolute atomic E-state index is 0.00314. The predicted octanol–water partition coefficient (Wildman–Crippen LogP) is 3.01. The largest absolute Gasteiger partial charge is 0.506 e. The van der Waals surface area contributed by atoms with E-state index in [9.17, 15) is 9.90 Å². The average molecular weight is 299 g/mol. The summed E-state index contributed by atoms with van der Waals surface area (Å²) < 4.78 is 1.47. The number of benzene rings is 1. The van der Waals surface area contributed by atoms with E-state index in [1.165, 1.54) is 16.7 Å². The van der Waals surface area contributed by atoms with E-state index >= 15 is 0 Å². The van der Waals surface area contributed by atoms with Gasteiger partial charge in [0.2, 0.25) is 5.56 Å².